The van der Waals surface area contributed by atoms with Gasteiger partial charge in [-0.25, -0.2) is 18.7 Å². The Morgan fingerprint density at radius 1 is 1.09 bits per heavy atom. The van der Waals surface area contributed by atoms with Crippen LogP contribution in [-0.4, -0.2) is 92.6 Å². The molecule has 0 spiro atoms. The van der Waals surface area contributed by atoms with Crippen LogP contribution >= 0.6 is 30.3 Å². The first-order valence-corrected chi connectivity index (χ1v) is 25.8. The Hall–Kier alpha value is -4.96. The average molecular weight is 983 g/mol. The van der Waals surface area contributed by atoms with Crippen LogP contribution in [0.5, 0.6) is 11.5 Å². The van der Waals surface area contributed by atoms with Crippen molar-refractivity contribution < 1.29 is 56.4 Å². The largest absolute Gasteiger partial charge is 0.495 e. The summed E-state index contributed by atoms with van der Waals surface area (Å²) in [5, 5.41) is 4.87. The molecule has 7 atom stereocenters. The second-order valence-electron chi connectivity index (χ2n) is 18.3. The van der Waals surface area contributed by atoms with Gasteiger partial charge < -0.3 is 34.1 Å². The van der Waals surface area contributed by atoms with Gasteiger partial charge in [-0.15, -0.1) is 11.3 Å². The number of nitrogens with one attached hydrogen (secondary N) is 1. The first-order chi connectivity index (χ1) is 32.0. The number of thiazole rings is 1. The molecule has 1 saturated heterocycles. The summed E-state index contributed by atoms with van der Waals surface area (Å²) in [5.74, 6) is -5.81. The smallest absolute Gasteiger partial charge is 0.307 e. The number of ketones is 1. The minimum atomic E-state index is -4.60. The Morgan fingerprint density at radius 3 is 2.55 bits per heavy atom. The van der Waals surface area contributed by atoms with E-state index in [4.69, 9.17) is 40.5 Å². The number of anilines is 1. The first-order valence-electron chi connectivity index (χ1n) is 22.7. The molecule has 4 heterocycles. The van der Waals surface area contributed by atoms with Gasteiger partial charge in [0.05, 0.1) is 54.6 Å². The van der Waals surface area contributed by atoms with Crippen molar-refractivity contribution >= 4 is 70.0 Å². The fourth-order valence-corrected chi connectivity index (χ4v) is 13.3. The number of aromatic nitrogens is 2. The van der Waals surface area contributed by atoms with Crippen LogP contribution in [0.15, 0.2) is 53.9 Å². The Bertz CT molecular complexity index is 2620. The molecule has 2 aromatic heterocycles. The molecule has 2 N–H and O–H groups in total. The van der Waals surface area contributed by atoms with Crippen molar-refractivity contribution in [3.8, 4) is 22.9 Å². The van der Waals surface area contributed by atoms with Crippen molar-refractivity contribution in [2.24, 2.45) is 11.8 Å². The van der Waals surface area contributed by atoms with Gasteiger partial charge in [-0.05, 0) is 89.5 Å². The fourth-order valence-electron chi connectivity index (χ4n) is 9.58. The summed E-state index contributed by atoms with van der Waals surface area (Å²) < 4.78 is 68.5. The number of carbonyl (C=O) groups excluding carboxylic acids is 4. The van der Waals surface area contributed by atoms with Gasteiger partial charge in [-0.1, -0.05) is 29.8 Å². The van der Waals surface area contributed by atoms with E-state index in [0.29, 0.717) is 51.8 Å². The number of pyridine rings is 1. The number of hydrogen-bond donors (Lipinski definition) is 2. The highest BCUT2D eigenvalue weighted by molar-refractivity contribution is 7.59. The van der Waals surface area contributed by atoms with E-state index in [1.807, 2.05) is 19.2 Å². The maximum absolute atomic E-state index is 15.1. The number of Topliss-reactive ketones (excluding diaryl/α,β-unsaturated/α-hetero) is 1. The van der Waals surface area contributed by atoms with E-state index in [1.165, 1.54) is 30.3 Å². The number of nitrogens with zero attached hydrogens (tertiary/aromatic N) is 3. The summed E-state index contributed by atoms with van der Waals surface area (Å²) in [7, 11) is -3.12. The van der Waals surface area contributed by atoms with E-state index < -0.39 is 102 Å². The number of allylic oxidation sites excluding steroid dienone is 2. The van der Waals surface area contributed by atoms with Crippen LogP contribution < -0.4 is 14.8 Å². The van der Waals surface area contributed by atoms with Crippen LogP contribution in [0, 0.1) is 23.5 Å². The molecule has 2 aromatic carbocycles. The molecule has 0 radical (unpaired) electrons. The van der Waals surface area contributed by atoms with Gasteiger partial charge >= 0.3 is 11.9 Å². The number of hydrogen-bond acceptors (Lipinski definition) is 13. The van der Waals surface area contributed by atoms with Gasteiger partial charge in [-0.3, -0.25) is 23.7 Å². The van der Waals surface area contributed by atoms with E-state index in [0.717, 1.165) is 31.0 Å². The molecule has 4 aromatic rings. The zero-order valence-corrected chi connectivity index (χ0v) is 40.1. The third-order valence-corrected chi connectivity index (χ3v) is 17.2. The van der Waals surface area contributed by atoms with Crippen molar-refractivity contribution in [3.05, 3.63) is 76.2 Å². The fraction of sp³-hybridized carbons (Fsp3) is 0.500. The van der Waals surface area contributed by atoms with E-state index >= 15 is 18.4 Å². The molecule has 1 amide bonds. The molecule has 1 unspecified atom stereocenters. The highest BCUT2D eigenvalue weighted by Crippen LogP contribution is 2.74. The minimum Gasteiger partial charge on any atom is -0.495 e. The number of ether oxygens (including phenoxy) is 4. The lowest BCUT2D eigenvalue weighted by atomic mass is 9.96. The molecule has 67 heavy (non-hydrogen) atoms. The summed E-state index contributed by atoms with van der Waals surface area (Å²) in [5.41, 5.74) is 0.724. The first kappa shape index (κ1) is 48.5. The highest BCUT2D eigenvalue weighted by Gasteiger charge is 2.65. The standard InChI is InChI=1S/C48H54ClF2N4O10PS/c1-26(2)52-47-54-37(25-67-47)36-20-41(31-16-17-40(62-4)44(49)45(31)53-36)64-30-18-38-39(56)22-48(66(60,61)24-33-34(50)13-9-14-35(33)51)21-28(48)10-5-8-15-42(57)63-27(3)32(46(59)55(38)23-30)19-43(58)65-29-11-6-7-12-29/h5,9-10,13-14,16-17,20,25-30,32,38H,6-8,11-12,15,18-19,21-24H2,1-4H3,(H,52,54)(H,60,61)/b10-5-/t27-,28-,30+,32-,38-,48+/m0/s1. The summed E-state index contributed by atoms with van der Waals surface area (Å²) in [6.45, 7) is 5.33. The second-order valence-corrected chi connectivity index (χ2v) is 22.1. The normalized spacial score (nSPS) is 26.3. The van der Waals surface area contributed by atoms with Crippen molar-refractivity contribution in [3.63, 3.8) is 0 Å². The zero-order valence-electron chi connectivity index (χ0n) is 37.7. The van der Waals surface area contributed by atoms with Crippen molar-refractivity contribution in [2.45, 2.75) is 127 Å². The van der Waals surface area contributed by atoms with Gasteiger partial charge in [-0.2, -0.15) is 0 Å². The van der Waals surface area contributed by atoms with E-state index in [1.54, 1.807) is 30.4 Å². The van der Waals surface area contributed by atoms with Crippen molar-refractivity contribution in [1.29, 1.82) is 0 Å². The molecule has 14 nitrogen and oxygen atoms in total. The minimum absolute atomic E-state index is 0.0395. The Morgan fingerprint density at radius 2 is 1.84 bits per heavy atom. The lowest BCUT2D eigenvalue weighted by Gasteiger charge is -2.32. The Balaban J connectivity index is 1.18. The van der Waals surface area contributed by atoms with Crippen LogP contribution in [0.25, 0.3) is 22.3 Å². The number of halogens is 3. The number of rotatable bonds is 12. The maximum Gasteiger partial charge on any atom is 0.307 e. The lowest BCUT2D eigenvalue weighted by Crippen LogP contribution is -2.48. The van der Waals surface area contributed by atoms with Gasteiger partial charge in [0.2, 0.25) is 13.3 Å². The Kier molecular flexibility index (Phi) is 14.4. The molecule has 8 rings (SSSR count). The molecule has 2 aliphatic carbocycles. The molecular formula is C48H54ClF2N4O10PS. The van der Waals surface area contributed by atoms with Crippen LogP contribution in [-0.2, 0) is 39.4 Å². The SMILES string of the molecule is COc1ccc2c(O[C@@H]3C[C@H]4C(=O)C[C@]5(P(=O)(O)Cc6c(F)cccc6F)C[C@@H]5/C=C\CCC(=O)O[C@@H](C)[C@H](CC(=O)OC5CCCC5)C(=O)N4C3)cc(-c3csc(NC(C)C)n3)nc2c1Cl. The molecule has 0 bridgehead atoms. The molecular weight excluding hydrogens is 929 g/mol. The number of fused-ring (bicyclic) bond motifs is 3. The quantitative estimate of drug-likeness (QED) is 0.0779. The van der Waals surface area contributed by atoms with Crippen molar-refractivity contribution in [1.82, 2.24) is 14.9 Å². The molecule has 3 fully saturated rings. The van der Waals surface area contributed by atoms with Gasteiger partial charge in [0.15, 0.2) is 10.9 Å². The summed E-state index contributed by atoms with van der Waals surface area (Å²) in [6, 6.07) is 7.11. The summed E-state index contributed by atoms with van der Waals surface area (Å²) in [6.07, 6.45) is 2.36. The number of esters is 2. The average Bonchev–Trinajstić information content (AvgIpc) is 3.69. The van der Waals surface area contributed by atoms with Crippen LogP contribution in [0.4, 0.5) is 13.9 Å². The topological polar surface area (TPSA) is 184 Å². The molecule has 358 valence electrons. The predicted octanol–water partition coefficient (Wildman–Crippen LogP) is 9.43. The molecule has 19 heteroatoms. The third-order valence-electron chi connectivity index (χ3n) is 13.2. The number of carbonyl (C=O) groups is 4. The molecule has 2 saturated carbocycles. The predicted molar refractivity (Wildman–Crippen MR) is 248 cm³/mol. The number of methoxy groups -OCH3 is 1. The Labute approximate surface area is 396 Å². The van der Waals surface area contributed by atoms with Gasteiger partial charge in [0, 0.05) is 47.7 Å². The lowest BCUT2D eigenvalue weighted by molar-refractivity contribution is -0.163. The number of amides is 1. The van der Waals surface area contributed by atoms with E-state index in [9.17, 15) is 19.0 Å². The highest BCUT2D eigenvalue weighted by atomic mass is 35.5. The molecule has 4 aliphatic rings. The number of benzene rings is 2. The van der Waals surface area contributed by atoms with Crippen LogP contribution in [0.2, 0.25) is 5.02 Å². The summed E-state index contributed by atoms with van der Waals surface area (Å²) >= 11 is 8.26. The van der Waals surface area contributed by atoms with Crippen LogP contribution in [0.3, 0.4) is 0 Å². The van der Waals surface area contributed by atoms with E-state index in [2.05, 4.69) is 5.32 Å². The third kappa shape index (κ3) is 10.4. The monoisotopic (exact) mass is 982 g/mol. The van der Waals surface area contributed by atoms with Gasteiger partial charge in [0.1, 0.15) is 52.2 Å². The summed E-state index contributed by atoms with van der Waals surface area (Å²) in [4.78, 5) is 79.7. The maximum atomic E-state index is 15.1. The zero-order chi connectivity index (χ0) is 47.8. The van der Waals surface area contributed by atoms with Gasteiger partial charge in [0.25, 0.3) is 0 Å². The second kappa shape index (κ2) is 19.9. The van der Waals surface area contributed by atoms with Crippen molar-refractivity contribution in [2.75, 3.05) is 19.0 Å². The van der Waals surface area contributed by atoms with Crippen LogP contribution in [0.1, 0.15) is 90.5 Å². The number of cyclic esters (lactones) is 1. The molecule has 2 aliphatic heterocycles. The van der Waals surface area contributed by atoms with E-state index in [-0.39, 0.29) is 49.4 Å².